The molecule has 0 aromatic carbocycles. The van der Waals surface area contributed by atoms with Gasteiger partial charge in [-0.15, -0.1) is 0 Å². The number of ether oxygens (including phenoxy) is 3. The van der Waals surface area contributed by atoms with E-state index in [2.05, 4.69) is 19.2 Å². The molecule has 0 aromatic heterocycles. The third-order valence-electron chi connectivity index (χ3n) is 5.65. The second kappa shape index (κ2) is 6.53. The zero-order valence-corrected chi connectivity index (χ0v) is 13.7. The SMILES string of the molecule is CCNC(C1CCOC2(CCOC2)C1)C1(C)CCCCO1. The summed E-state index contributed by atoms with van der Waals surface area (Å²) in [7, 11) is 0. The maximum atomic E-state index is 6.25. The first-order valence-corrected chi connectivity index (χ1v) is 8.77. The van der Waals surface area contributed by atoms with Crippen molar-refractivity contribution in [2.24, 2.45) is 5.92 Å². The fourth-order valence-corrected chi connectivity index (χ4v) is 4.52. The van der Waals surface area contributed by atoms with Crippen LogP contribution in [0.5, 0.6) is 0 Å². The molecule has 1 N–H and O–H groups in total. The van der Waals surface area contributed by atoms with E-state index in [0.29, 0.717) is 12.0 Å². The van der Waals surface area contributed by atoms with Crippen LogP contribution in [-0.4, -0.2) is 50.2 Å². The van der Waals surface area contributed by atoms with Crippen LogP contribution < -0.4 is 5.32 Å². The fraction of sp³-hybridized carbons (Fsp3) is 1.00. The molecule has 21 heavy (non-hydrogen) atoms. The van der Waals surface area contributed by atoms with Crippen LogP contribution in [0.15, 0.2) is 0 Å². The van der Waals surface area contributed by atoms with Crippen molar-refractivity contribution in [3.8, 4) is 0 Å². The smallest absolute Gasteiger partial charge is 0.0939 e. The molecule has 0 aromatic rings. The second-order valence-electron chi connectivity index (χ2n) is 7.24. The van der Waals surface area contributed by atoms with Crippen LogP contribution in [-0.2, 0) is 14.2 Å². The minimum absolute atomic E-state index is 0.0123. The van der Waals surface area contributed by atoms with Gasteiger partial charge in [-0.05, 0) is 51.5 Å². The second-order valence-corrected chi connectivity index (χ2v) is 7.24. The topological polar surface area (TPSA) is 39.7 Å². The van der Waals surface area contributed by atoms with Crippen molar-refractivity contribution < 1.29 is 14.2 Å². The van der Waals surface area contributed by atoms with Gasteiger partial charge < -0.3 is 19.5 Å². The Morgan fingerprint density at radius 2 is 2.05 bits per heavy atom. The maximum Gasteiger partial charge on any atom is 0.0939 e. The quantitative estimate of drug-likeness (QED) is 0.865. The van der Waals surface area contributed by atoms with E-state index >= 15 is 0 Å². The molecule has 1 spiro atoms. The van der Waals surface area contributed by atoms with Gasteiger partial charge in [0, 0.05) is 32.3 Å². The first-order valence-electron chi connectivity index (χ1n) is 8.77. The van der Waals surface area contributed by atoms with Gasteiger partial charge in [0.25, 0.3) is 0 Å². The number of likely N-dealkylation sites (N-methyl/N-ethyl adjacent to an activating group) is 1. The maximum absolute atomic E-state index is 6.25. The number of hydrogen-bond acceptors (Lipinski definition) is 4. The molecule has 3 fully saturated rings. The highest BCUT2D eigenvalue weighted by molar-refractivity contribution is 5.00. The molecule has 4 nitrogen and oxygen atoms in total. The lowest BCUT2D eigenvalue weighted by Crippen LogP contribution is -2.58. The van der Waals surface area contributed by atoms with Gasteiger partial charge in [0.2, 0.25) is 0 Å². The fourth-order valence-electron chi connectivity index (χ4n) is 4.52. The molecule has 3 rings (SSSR count). The monoisotopic (exact) mass is 297 g/mol. The summed E-state index contributed by atoms with van der Waals surface area (Å²) >= 11 is 0. The van der Waals surface area contributed by atoms with Gasteiger partial charge in [-0.25, -0.2) is 0 Å². The molecule has 0 saturated carbocycles. The molecule has 122 valence electrons. The highest BCUT2D eigenvalue weighted by atomic mass is 16.6. The molecule has 0 bridgehead atoms. The van der Waals surface area contributed by atoms with E-state index < -0.39 is 0 Å². The van der Waals surface area contributed by atoms with Crippen molar-refractivity contribution >= 4 is 0 Å². The summed E-state index contributed by atoms with van der Waals surface area (Å²) in [5.74, 6) is 0.628. The molecule has 3 saturated heterocycles. The van der Waals surface area contributed by atoms with Gasteiger partial charge in [-0.3, -0.25) is 0 Å². The Labute approximate surface area is 128 Å². The average Bonchev–Trinajstić information content (AvgIpc) is 2.93. The molecule has 4 heteroatoms. The average molecular weight is 297 g/mol. The van der Waals surface area contributed by atoms with E-state index in [4.69, 9.17) is 14.2 Å². The van der Waals surface area contributed by atoms with Gasteiger partial charge in [0.1, 0.15) is 0 Å². The molecular weight excluding hydrogens is 266 g/mol. The summed E-state index contributed by atoms with van der Waals surface area (Å²) in [5.41, 5.74) is -0.0292. The van der Waals surface area contributed by atoms with E-state index in [9.17, 15) is 0 Å². The predicted octanol–water partition coefficient (Wildman–Crippen LogP) is 2.51. The summed E-state index contributed by atoms with van der Waals surface area (Å²) < 4.78 is 18.0. The summed E-state index contributed by atoms with van der Waals surface area (Å²) in [5, 5.41) is 3.75. The van der Waals surface area contributed by atoms with Crippen LogP contribution in [0.4, 0.5) is 0 Å². The minimum Gasteiger partial charge on any atom is -0.378 e. The highest BCUT2D eigenvalue weighted by Gasteiger charge is 2.47. The van der Waals surface area contributed by atoms with Crippen molar-refractivity contribution in [2.45, 2.75) is 69.6 Å². The Morgan fingerprint density at radius 3 is 2.71 bits per heavy atom. The van der Waals surface area contributed by atoms with E-state index in [-0.39, 0.29) is 11.2 Å². The zero-order chi connectivity index (χ0) is 14.8. The van der Waals surface area contributed by atoms with Crippen LogP contribution in [0.25, 0.3) is 0 Å². The van der Waals surface area contributed by atoms with Crippen molar-refractivity contribution in [3.63, 3.8) is 0 Å². The van der Waals surface area contributed by atoms with E-state index in [1.54, 1.807) is 0 Å². The molecule has 0 radical (unpaired) electrons. The molecule has 0 amide bonds. The van der Waals surface area contributed by atoms with Gasteiger partial charge in [-0.2, -0.15) is 0 Å². The number of nitrogens with one attached hydrogen (secondary N) is 1. The lowest BCUT2D eigenvalue weighted by atomic mass is 9.73. The summed E-state index contributed by atoms with van der Waals surface area (Å²) in [6.45, 7) is 8.93. The Hall–Kier alpha value is -0.160. The van der Waals surface area contributed by atoms with Gasteiger partial charge in [0.15, 0.2) is 0 Å². The summed E-state index contributed by atoms with van der Waals surface area (Å²) in [6, 6.07) is 0.434. The van der Waals surface area contributed by atoms with E-state index in [1.165, 1.54) is 19.3 Å². The molecule has 3 aliphatic rings. The normalized spacial score (nSPS) is 42.3. The van der Waals surface area contributed by atoms with E-state index in [1.807, 2.05) is 0 Å². The molecule has 3 heterocycles. The van der Waals surface area contributed by atoms with Gasteiger partial charge in [0.05, 0.1) is 17.8 Å². The lowest BCUT2D eigenvalue weighted by Gasteiger charge is -2.48. The van der Waals surface area contributed by atoms with Crippen LogP contribution in [0.2, 0.25) is 0 Å². The van der Waals surface area contributed by atoms with Gasteiger partial charge in [-0.1, -0.05) is 6.92 Å². The Morgan fingerprint density at radius 1 is 1.14 bits per heavy atom. The van der Waals surface area contributed by atoms with Crippen LogP contribution in [0, 0.1) is 5.92 Å². The van der Waals surface area contributed by atoms with Crippen molar-refractivity contribution in [2.75, 3.05) is 33.0 Å². The first kappa shape index (κ1) is 15.7. The first-order chi connectivity index (χ1) is 10.2. The highest BCUT2D eigenvalue weighted by Crippen LogP contribution is 2.41. The van der Waals surface area contributed by atoms with Crippen molar-refractivity contribution in [1.82, 2.24) is 5.32 Å². The van der Waals surface area contributed by atoms with Crippen LogP contribution >= 0.6 is 0 Å². The summed E-state index contributed by atoms with van der Waals surface area (Å²) in [4.78, 5) is 0. The summed E-state index contributed by atoms with van der Waals surface area (Å²) in [6.07, 6.45) is 6.98. The van der Waals surface area contributed by atoms with Crippen LogP contribution in [0.1, 0.15) is 52.4 Å². The Bertz CT molecular complexity index is 335. The largest absolute Gasteiger partial charge is 0.378 e. The van der Waals surface area contributed by atoms with Crippen molar-refractivity contribution in [1.29, 1.82) is 0 Å². The predicted molar refractivity (Wildman–Crippen MR) is 82.5 cm³/mol. The standard InChI is InChI=1S/C17H31NO3/c1-3-18-15(16(2)7-4-5-9-20-16)14-6-10-21-17(12-14)8-11-19-13-17/h14-15,18H,3-13H2,1-2H3. The molecule has 3 aliphatic heterocycles. The Balaban J connectivity index is 1.73. The minimum atomic E-state index is -0.0169. The lowest BCUT2D eigenvalue weighted by molar-refractivity contribution is -0.140. The third-order valence-corrected chi connectivity index (χ3v) is 5.65. The molecule has 4 unspecified atom stereocenters. The molecule has 4 atom stereocenters. The zero-order valence-electron chi connectivity index (χ0n) is 13.7. The van der Waals surface area contributed by atoms with Crippen molar-refractivity contribution in [3.05, 3.63) is 0 Å². The third kappa shape index (κ3) is 3.29. The van der Waals surface area contributed by atoms with Crippen LogP contribution in [0.3, 0.4) is 0 Å². The number of hydrogen-bond donors (Lipinski definition) is 1. The van der Waals surface area contributed by atoms with E-state index in [0.717, 1.165) is 52.2 Å². The molecule has 0 aliphatic carbocycles. The van der Waals surface area contributed by atoms with Gasteiger partial charge >= 0.3 is 0 Å². The number of rotatable bonds is 4. The molecular formula is C17H31NO3. The Kier molecular flexibility index (Phi) is 4.89.